The molecule has 1 aliphatic carbocycles. The van der Waals surface area contributed by atoms with E-state index in [9.17, 15) is 14.4 Å². The normalized spacial score (nSPS) is 24.0. The molecule has 5 nitrogen and oxygen atoms in total. The maximum atomic E-state index is 12.4. The number of carbonyl (C=O) groups is 3. The van der Waals surface area contributed by atoms with Crippen LogP contribution in [0.1, 0.15) is 31.4 Å². The summed E-state index contributed by atoms with van der Waals surface area (Å²) >= 11 is 6.13. The van der Waals surface area contributed by atoms with Crippen molar-refractivity contribution in [1.29, 1.82) is 0 Å². The number of nitrogens with zero attached hydrogens (tertiary/aromatic N) is 1. The zero-order valence-corrected chi connectivity index (χ0v) is 14.1. The minimum absolute atomic E-state index is 0.237. The molecule has 0 radical (unpaired) electrons. The number of benzene rings is 1. The molecule has 1 saturated heterocycles. The Morgan fingerprint density at radius 3 is 2.38 bits per heavy atom. The fourth-order valence-corrected chi connectivity index (χ4v) is 3.66. The Labute approximate surface area is 145 Å². The number of fused-ring (bicyclic) bond motifs is 1. The molecule has 1 aromatic rings. The number of halogens is 1. The van der Waals surface area contributed by atoms with Crippen LogP contribution < -0.4 is 5.32 Å². The second kappa shape index (κ2) is 6.77. The lowest BCUT2D eigenvalue weighted by atomic mass is 9.85. The maximum absolute atomic E-state index is 12.4. The van der Waals surface area contributed by atoms with Crippen LogP contribution in [-0.2, 0) is 14.4 Å². The van der Waals surface area contributed by atoms with Crippen molar-refractivity contribution >= 4 is 29.3 Å². The van der Waals surface area contributed by atoms with Gasteiger partial charge in [-0.25, -0.2) is 0 Å². The minimum atomic E-state index is -0.365. The third-order valence-corrected chi connectivity index (χ3v) is 4.99. The van der Waals surface area contributed by atoms with E-state index < -0.39 is 0 Å². The van der Waals surface area contributed by atoms with Crippen LogP contribution >= 0.6 is 11.6 Å². The second-order valence-electron chi connectivity index (χ2n) is 6.23. The van der Waals surface area contributed by atoms with Gasteiger partial charge in [0.15, 0.2) is 0 Å². The monoisotopic (exact) mass is 346 g/mol. The van der Waals surface area contributed by atoms with Gasteiger partial charge >= 0.3 is 0 Å². The summed E-state index contributed by atoms with van der Waals surface area (Å²) in [7, 11) is 0. The average molecular weight is 347 g/mol. The van der Waals surface area contributed by atoms with Gasteiger partial charge in [0.05, 0.1) is 17.9 Å². The number of rotatable bonds is 4. The van der Waals surface area contributed by atoms with Crippen LogP contribution in [0.5, 0.6) is 0 Å². The summed E-state index contributed by atoms with van der Waals surface area (Å²) in [5.74, 6) is -1.46. The summed E-state index contributed by atoms with van der Waals surface area (Å²) < 4.78 is 0. The van der Waals surface area contributed by atoms with Crippen LogP contribution in [0.25, 0.3) is 0 Å². The second-order valence-corrected chi connectivity index (χ2v) is 6.64. The molecular formula is C18H19ClN2O3. The topological polar surface area (TPSA) is 66.5 Å². The number of hydrogen-bond donors (Lipinski definition) is 1. The number of nitrogens with one attached hydrogen (secondary N) is 1. The van der Waals surface area contributed by atoms with Crippen molar-refractivity contribution in [2.24, 2.45) is 11.8 Å². The van der Waals surface area contributed by atoms with Crippen molar-refractivity contribution in [1.82, 2.24) is 10.2 Å². The van der Waals surface area contributed by atoms with Gasteiger partial charge in [-0.15, -0.1) is 0 Å². The van der Waals surface area contributed by atoms with Gasteiger partial charge in [-0.05, 0) is 31.4 Å². The minimum Gasteiger partial charge on any atom is -0.348 e. The van der Waals surface area contributed by atoms with Crippen LogP contribution in [0, 0.1) is 11.8 Å². The number of hydrogen-bond acceptors (Lipinski definition) is 3. The van der Waals surface area contributed by atoms with E-state index in [0.717, 1.165) is 10.5 Å². The SMILES string of the molecule is C[C@H](NC(=O)CN1C(=O)[C@@H]2CC=CC[C@H]2C1=O)c1ccccc1Cl. The van der Waals surface area contributed by atoms with E-state index in [0.29, 0.717) is 17.9 Å². The molecule has 1 fully saturated rings. The maximum Gasteiger partial charge on any atom is 0.240 e. The highest BCUT2D eigenvalue weighted by atomic mass is 35.5. The van der Waals surface area contributed by atoms with E-state index in [4.69, 9.17) is 11.6 Å². The third kappa shape index (κ3) is 3.08. The Morgan fingerprint density at radius 1 is 1.21 bits per heavy atom. The molecule has 2 aliphatic rings. The summed E-state index contributed by atoms with van der Waals surface area (Å²) in [4.78, 5) is 38.1. The highest BCUT2D eigenvalue weighted by molar-refractivity contribution is 6.31. The van der Waals surface area contributed by atoms with E-state index >= 15 is 0 Å². The molecule has 3 rings (SSSR count). The summed E-state index contributed by atoms with van der Waals surface area (Å²) in [5, 5.41) is 3.37. The van der Waals surface area contributed by atoms with Crippen molar-refractivity contribution in [2.45, 2.75) is 25.8 Å². The highest BCUT2D eigenvalue weighted by Crippen LogP contribution is 2.34. The van der Waals surface area contributed by atoms with Gasteiger partial charge in [0, 0.05) is 5.02 Å². The number of carbonyl (C=O) groups excluding carboxylic acids is 3. The quantitative estimate of drug-likeness (QED) is 0.672. The number of likely N-dealkylation sites (tertiary alicyclic amines) is 1. The fourth-order valence-electron chi connectivity index (χ4n) is 3.36. The molecule has 126 valence electrons. The molecule has 6 heteroatoms. The molecule has 1 aliphatic heterocycles. The van der Waals surface area contributed by atoms with Gasteiger partial charge in [0.2, 0.25) is 17.7 Å². The lowest BCUT2D eigenvalue weighted by Crippen LogP contribution is -2.41. The predicted octanol–water partition coefficient (Wildman–Crippen LogP) is 2.47. The predicted molar refractivity (Wildman–Crippen MR) is 90.1 cm³/mol. The first kappa shape index (κ1) is 16.7. The van der Waals surface area contributed by atoms with Crippen LogP contribution in [0.3, 0.4) is 0 Å². The first-order valence-electron chi connectivity index (χ1n) is 8.03. The zero-order chi connectivity index (χ0) is 17.3. The largest absolute Gasteiger partial charge is 0.348 e. The molecule has 0 unspecified atom stereocenters. The van der Waals surface area contributed by atoms with Crippen LogP contribution in [0.2, 0.25) is 5.02 Å². The molecule has 3 atom stereocenters. The molecule has 24 heavy (non-hydrogen) atoms. The van der Waals surface area contributed by atoms with Crippen LogP contribution in [-0.4, -0.2) is 29.2 Å². The van der Waals surface area contributed by atoms with E-state index in [-0.39, 0.29) is 42.1 Å². The first-order valence-corrected chi connectivity index (χ1v) is 8.41. The Hall–Kier alpha value is -2.14. The molecule has 0 saturated carbocycles. The van der Waals surface area contributed by atoms with E-state index in [1.807, 2.05) is 37.3 Å². The molecular weight excluding hydrogens is 328 g/mol. The van der Waals surface area contributed by atoms with Crippen molar-refractivity contribution in [3.8, 4) is 0 Å². The standard InChI is InChI=1S/C18H19ClN2O3/c1-11(12-6-4-5-9-15(12)19)20-16(22)10-21-17(23)13-7-2-3-8-14(13)18(21)24/h2-6,9,11,13-14H,7-8,10H2,1H3,(H,20,22)/t11-,13+,14+/m0/s1. The molecule has 1 aromatic carbocycles. The van der Waals surface area contributed by atoms with Gasteiger partial charge in [-0.1, -0.05) is 42.0 Å². The molecule has 0 aromatic heterocycles. The van der Waals surface area contributed by atoms with Gasteiger partial charge < -0.3 is 5.32 Å². The molecule has 0 spiro atoms. The van der Waals surface area contributed by atoms with E-state index in [1.54, 1.807) is 6.07 Å². The molecule has 1 heterocycles. The molecule has 3 amide bonds. The van der Waals surface area contributed by atoms with E-state index in [2.05, 4.69) is 5.32 Å². The van der Waals surface area contributed by atoms with Crippen LogP contribution in [0.4, 0.5) is 0 Å². The molecule has 1 N–H and O–H groups in total. The lowest BCUT2D eigenvalue weighted by molar-refractivity contribution is -0.143. The first-order chi connectivity index (χ1) is 11.5. The van der Waals surface area contributed by atoms with Gasteiger partial charge in [-0.2, -0.15) is 0 Å². The summed E-state index contributed by atoms with van der Waals surface area (Å²) in [5.41, 5.74) is 0.796. The summed E-state index contributed by atoms with van der Waals surface area (Å²) in [6, 6.07) is 6.94. The Kier molecular flexibility index (Phi) is 4.71. The zero-order valence-electron chi connectivity index (χ0n) is 13.4. The fraction of sp³-hybridized carbons (Fsp3) is 0.389. The smallest absolute Gasteiger partial charge is 0.240 e. The summed E-state index contributed by atoms with van der Waals surface area (Å²) in [6.07, 6.45) is 5.00. The Morgan fingerprint density at radius 2 is 1.79 bits per heavy atom. The molecule has 0 bridgehead atoms. The van der Waals surface area contributed by atoms with Gasteiger partial charge in [0.1, 0.15) is 6.54 Å². The number of amides is 3. The van der Waals surface area contributed by atoms with Crippen LogP contribution in [0.15, 0.2) is 36.4 Å². The van der Waals surface area contributed by atoms with Crippen molar-refractivity contribution in [3.05, 3.63) is 47.0 Å². The van der Waals surface area contributed by atoms with Crippen molar-refractivity contribution in [2.75, 3.05) is 6.54 Å². The highest BCUT2D eigenvalue weighted by Gasteiger charge is 2.47. The van der Waals surface area contributed by atoms with Crippen molar-refractivity contribution in [3.63, 3.8) is 0 Å². The summed E-state index contributed by atoms with van der Waals surface area (Å²) in [6.45, 7) is 1.58. The van der Waals surface area contributed by atoms with E-state index in [1.165, 1.54) is 0 Å². The van der Waals surface area contributed by atoms with Crippen molar-refractivity contribution < 1.29 is 14.4 Å². The lowest BCUT2D eigenvalue weighted by Gasteiger charge is -2.19. The number of imide groups is 1. The average Bonchev–Trinajstić information content (AvgIpc) is 2.80. The van der Waals surface area contributed by atoms with Gasteiger partial charge in [0.25, 0.3) is 0 Å². The number of allylic oxidation sites excluding steroid dienone is 2. The van der Waals surface area contributed by atoms with Gasteiger partial charge in [-0.3, -0.25) is 19.3 Å². The Bertz CT molecular complexity index is 690. The third-order valence-electron chi connectivity index (χ3n) is 4.65. The Balaban J connectivity index is 1.64.